The number of hydrogen-bond acceptors (Lipinski definition) is 1. The molecule has 2 rings (SSSR count). The Morgan fingerprint density at radius 1 is 1.06 bits per heavy atom. The highest BCUT2D eigenvalue weighted by Crippen LogP contribution is 2.27. The van der Waals surface area contributed by atoms with Crippen LogP contribution in [-0.4, -0.2) is 4.98 Å². The minimum Gasteiger partial charge on any atom is -0.367 e. The van der Waals surface area contributed by atoms with Gasteiger partial charge in [0.2, 0.25) is 0 Å². The molecule has 1 aromatic carbocycles. The Bertz CT molecular complexity index is 536. The van der Waals surface area contributed by atoms with Gasteiger partial charge in [0.1, 0.15) is 0 Å². The van der Waals surface area contributed by atoms with Crippen molar-refractivity contribution in [3.63, 3.8) is 0 Å². The van der Waals surface area contributed by atoms with Gasteiger partial charge in [-0.05, 0) is 28.2 Å². The fraction of sp³-hybridized carbons (Fsp3) is 0.312. The summed E-state index contributed by atoms with van der Waals surface area (Å²) < 4.78 is 0. The maximum absolute atomic E-state index is 9.32. The van der Waals surface area contributed by atoms with Crippen LogP contribution in [0, 0.1) is 11.3 Å². The number of benzene rings is 1. The number of rotatable bonds is 2. The van der Waals surface area contributed by atoms with Crippen LogP contribution < -0.4 is 0 Å². The van der Waals surface area contributed by atoms with Crippen molar-refractivity contribution in [3.8, 4) is 6.07 Å². The summed E-state index contributed by atoms with van der Waals surface area (Å²) in [7, 11) is 0. The number of nitrogens with one attached hydrogen (secondary N) is 1. The van der Waals surface area contributed by atoms with Crippen LogP contribution in [0.3, 0.4) is 0 Å². The molecule has 0 saturated heterocycles. The van der Waals surface area contributed by atoms with Crippen molar-refractivity contribution in [2.75, 3.05) is 0 Å². The Morgan fingerprint density at radius 2 is 1.72 bits per heavy atom. The van der Waals surface area contributed by atoms with E-state index in [1.54, 1.807) is 0 Å². The molecule has 18 heavy (non-hydrogen) atoms. The molecule has 0 bridgehead atoms. The highest BCUT2D eigenvalue weighted by molar-refractivity contribution is 5.39. The molecule has 0 saturated carbocycles. The molecule has 0 amide bonds. The Labute approximate surface area is 108 Å². The van der Waals surface area contributed by atoms with Crippen LogP contribution in [0.15, 0.2) is 42.7 Å². The Kier molecular flexibility index (Phi) is 3.25. The molecule has 1 heterocycles. The molecular weight excluding hydrogens is 220 g/mol. The summed E-state index contributed by atoms with van der Waals surface area (Å²) in [5.41, 5.74) is 3.50. The van der Waals surface area contributed by atoms with Crippen LogP contribution in [-0.2, 0) is 5.41 Å². The van der Waals surface area contributed by atoms with E-state index in [4.69, 9.17) is 0 Å². The van der Waals surface area contributed by atoms with E-state index in [0.717, 1.165) is 11.1 Å². The molecule has 0 aliphatic rings. The largest absolute Gasteiger partial charge is 0.367 e. The zero-order chi connectivity index (χ0) is 13.2. The van der Waals surface area contributed by atoms with Gasteiger partial charge in [0.05, 0.1) is 12.0 Å². The molecule has 0 radical (unpaired) electrons. The summed E-state index contributed by atoms with van der Waals surface area (Å²) in [5.74, 6) is -0.190. The van der Waals surface area contributed by atoms with Crippen molar-refractivity contribution in [2.24, 2.45) is 0 Å². The van der Waals surface area contributed by atoms with E-state index in [1.807, 2.05) is 18.5 Å². The van der Waals surface area contributed by atoms with Gasteiger partial charge < -0.3 is 4.98 Å². The predicted octanol–water partition coefficient (Wildman–Crippen LogP) is 3.97. The van der Waals surface area contributed by atoms with Crippen molar-refractivity contribution in [1.29, 1.82) is 5.26 Å². The zero-order valence-corrected chi connectivity index (χ0v) is 11.1. The molecule has 1 aromatic heterocycles. The standard InChI is InChI=1S/C16H18N2/c1-16(2,3)14-6-4-12(5-7-14)15(10-17)13-8-9-18-11-13/h4-9,11,15,18H,1-3H3. The van der Waals surface area contributed by atoms with Crippen LogP contribution in [0.4, 0.5) is 0 Å². The molecule has 2 aromatic rings. The van der Waals surface area contributed by atoms with Gasteiger partial charge in [0.15, 0.2) is 0 Å². The second kappa shape index (κ2) is 4.70. The minimum absolute atomic E-state index is 0.148. The summed E-state index contributed by atoms with van der Waals surface area (Å²) >= 11 is 0. The lowest BCUT2D eigenvalue weighted by Crippen LogP contribution is -2.11. The number of aromatic nitrogens is 1. The molecule has 2 nitrogen and oxygen atoms in total. The second-order valence-corrected chi connectivity index (χ2v) is 5.58. The van der Waals surface area contributed by atoms with Gasteiger partial charge in [-0.3, -0.25) is 0 Å². The van der Waals surface area contributed by atoms with E-state index < -0.39 is 0 Å². The van der Waals surface area contributed by atoms with Crippen molar-refractivity contribution in [3.05, 3.63) is 59.4 Å². The normalized spacial score (nSPS) is 13.0. The SMILES string of the molecule is CC(C)(C)c1ccc(C(C#N)c2cc[nH]c2)cc1. The number of H-pyrrole nitrogens is 1. The highest BCUT2D eigenvalue weighted by atomic mass is 14.6. The number of hydrogen-bond donors (Lipinski definition) is 1. The molecular formula is C16H18N2. The summed E-state index contributed by atoms with van der Waals surface area (Å²) in [4.78, 5) is 3.00. The number of nitriles is 1. The van der Waals surface area contributed by atoms with Crippen LogP contribution >= 0.6 is 0 Å². The first-order chi connectivity index (χ1) is 8.52. The van der Waals surface area contributed by atoms with Crippen LogP contribution in [0.5, 0.6) is 0 Å². The van der Waals surface area contributed by atoms with Gasteiger partial charge in [0.25, 0.3) is 0 Å². The smallest absolute Gasteiger partial charge is 0.0977 e. The molecule has 1 unspecified atom stereocenters. The molecule has 0 aliphatic heterocycles. The van der Waals surface area contributed by atoms with E-state index in [-0.39, 0.29) is 11.3 Å². The molecule has 0 spiro atoms. The lowest BCUT2D eigenvalue weighted by atomic mass is 9.85. The van der Waals surface area contributed by atoms with E-state index in [1.165, 1.54) is 5.56 Å². The minimum atomic E-state index is -0.190. The Morgan fingerprint density at radius 3 is 2.17 bits per heavy atom. The lowest BCUT2D eigenvalue weighted by Gasteiger charge is -2.19. The summed E-state index contributed by atoms with van der Waals surface area (Å²) in [6.45, 7) is 6.57. The first-order valence-corrected chi connectivity index (χ1v) is 6.15. The third kappa shape index (κ3) is 2.46. The third-order valence-electron chi connectivity index (χ3n) is 3.19. The summed E-state index contributed by atoms with van der Waals surface area (Å²) in [6.07, 6.45) is 3.73. The average molecular weight is 238 g/mol. The van der Waals surface area contributed by atoms with Gasteiger partial charge in [-0.2, -0.15) is 5.26 Å². The molecule has 2 heteroatoms. The molecule has 1 N–H and O–H groups in total. The van der Waals surface area contributed by atoms with Gasteiger partial charge in [0, 0.05) is 12.4 Å². The Hall–Kier alpha value is -2.01. The first kappa shape index (κ1) is 12.4. The van der Waals surface area contributed by atoms with Gasteiger partial charge >= 0.3 is 0 Å². The topological polar surface area (TPSA) is 39.6 Å². The van der Waals surface area contributed by atoms with Crippen molar-refractivity contribution in [1.82, 2.24) is 4.98 Å². The van der Waals surface area contributed by atoms with Gasteiger partial charge in [-0.15, -0.1) is 0 Å². The van der Waals surface area contributed by atoms with Crippen molar-refractivity contribution >= 4 is 0 Å². The maximum atomic E-state index is 9.32. The maximum Gasteiger partial charge on any atom is 0.0977 e. The van der Waals surface area contributed by atoms with Crippen LogP contribution in [0.2, 0.25) is 0 Å². The average Bonchev–Trinajstić information content (AvgIpc) is 2.83. The Balaban J connectivity index is 2.32. The molecule has 0 aliphatic carbocycles. The zero-order valence-electron chi connectivity index (χ0n) is 11.1. The fourth-order valence-electron chi connectivity index (χ4n) is 2.03. The van der Waals surface area contributed by atoms with E-state index in [9.17, 15) is 5.26 Å². The number of nitrogens with zero attached hydrogens (tertiary/aromatic N) is 1. The molecule has 0 fully saturated rings. The quantitative estimate of drug-likeness (QED) is 0.844. The highest BCUT2D eigenvalue weighted by Gasteiger charge is 2.16. The molecule has 92 valence electrons. The fourth-order valence-corrected chi connectivity index (χ4v) is 2.03. The third-order valence-corrected chi connectivity index (χ3v) is 3.19. The van der Waals surface area contributed by atoms with Crippen molar-refractivity contribution in [2.45, 2.75) is 32.1 Å². The summed E-state index contributed by atoms with van der Waals surface area (Å²) in [5, 5.41) is 9.32. The first-order valence-electron chi connectivity index (χ1n) is 6.15. The molecule has 1 atom stereocenters. The summed E-state index contributed by atoms with van der Waals surface area (Å²) in [6, 6.07) is 12.7. The predicted molar refractivity (Wildman–Crippen MR) is 73.4 cm³/mol. The van der Waals surface area contributed by atoms with Crippen LogP contribution in [0.1, 0.15) is 43.4 Å². The van der Waals surface area contributed by atoms with Gasteiger partial charge in [-0.1, -0.05) is 45.0 Å². The second-order valence-electron chi connectivity index (χ2n) is 5.58. The van der Waals surface area contributed by atoms with E-state index >= 15 is 0 Å². The van der Waals surface area contributed by atoms with Gasteiger partial charge in [-0.25, -0.2) is 0 Å². The van der Waals surface area contributed by atoms with E-state index in [0.29, 0.717) is 0 Å². The van der Waals surface area contributed by atoms with Crippen LogP contribution in [0.25, 0.3) is 0 Å². The van der Waals surface area contributed by atoms with Crippen molar-refractivity contribution < 1.29 is 0 Å². The monoisotopic (exact) mass is 238 g/mol. The van der Waals surface area contributed by atoms with E-state index in [2.05, 4.69) is 56.1 Å². The number of aromatic amines is 1. The lowest BCUT2D eigenvalue weighted by molar-refractivity contribution is 0.590.